The highest BCUT2D eigenvalue weighted by atomic mass is 16.5. The summed E-state index contributed by atoms with van der Waals surface area (Å²) in [7, 11) is 0. The Morgan fingerprint density at radius 2 is 2.11 bits per heavy atom. The number of ether oxygens (including phenoxy) is 1. The molecule has 3 rings (SSSR count). The number of nitrogens with zero attached hydrogens (tertiary/aromatic N) is 1. The number of rotatable bonds is 4. The predicted molar refractivity (Wildman–Crippen MR) is 70.4 cm³/mol. The number of amides is 1. The highest BCUT2D eigenvalue weighted by Gasteiger charge is 2.72. The fourth-order valence-electron chi connectivity index (χ4n) is 4.00. The molecule has 3 N–H and O–H groups in total. The van der Waals surface area contributed by atoms with Crippen molar-refractivity contribution in [2.24, 2.45) is 17.1 Å². The first kappa shape index (κ1) is 13.3. The van der Waals surface area contributed by atoms with E-state index in [-0.39, 0.29) is 36.0 Å². The normalized spacial score (nSPS) is 39.6. The molecule has 2 aliphatic carbocycles. The summed E-state index contributed by atoms with van der Waals surface area (Å²) in [5, 5.41) is 9.18. The second-order valence-electron chi connectivity index (χ2n) is 6.73. The minimum Gasteiger partial charge on any atom is -0.395 e. The monoisotopic (exact) mass is 268 g/mol. The van der Waals surface area contributed by atoms with Crippen LogP contribution in [0.3, 0.4) is 0 Å². The SMILES string of the molecule is CC1(C)C2OCCC2C1(N)C(=O)N(CCO)C1CC1. The van der Waals surface area contributed by atoms with Gasteiger partial charge in [0.1, 0.15) is 5.54 Å². The van der Waals surface area contributed by atoms with Crippen molar-refractivity contribution in [2.45, 2.75) is 50.8 Å². The van der Waals surface area contributed by atoms with Crippen molar-refractivity contribution in [3.8, 4) is 0 Å². The molecule has 1 heterocycles. The lowest BCUT2D eigenvalue weighted by Gasteiger charge is -2.61. The number of carbonyl (C=O) groups excluding carboxylic acids is 1. The summed E-state index contributed by atoms with van der Waals surface area (Å²) in [4.78, 5) is 14.7. The van der Waals surface area contributed by atoms with Gasteiger partial charge in [0.25, 0.3) is 0 Å². The molecule has 0 bridgehead atoms. The highest BCUT2D eigenvalue weighted by molar-refractivity contribution is 5.90. The maximum atomic E-state index is 12.9. The van der Waals surface area contributed by atoms with Crippen LogP contribution in [0.15, 0.2) is 0 Å². The Kier molecular flexibility index (Phi) is 2.93. The number of hydrogen-bond acceptors (Lipinski definition) is 4. The molecule has 3 fully saturated rings. The molecule has 3 unspecified atom stereocenters. The van der Waals surface area contributed by atoms with Crippen molar-refractivity contribution >= 4 is 5.91 Å². The van der Waals surface area contributed by atoms with Gasteiger partial charge in [0.2, 0.25) is 5.91 Å². The Hall–Kier alpha value is -0.650. The van der Waals surface area contributed by atoms with Crippen molar-refractivity contribution in [1.82, 2.24) is 4.90 Å². The Balaban J connectivity index is 1.85. The van der Waals surface area contributed by atoms with Gasteiger partial charge in [-0.05, 0) is 19.3 Å². The molecule has 0 spiro atoms. The van der Waals surface area contributed by atoms with Gasteiger partial charge in [0, 0.05) is 30.5 Å². The average Bonchev–Trinajstić information content (AvgIpc) is 3.10. The summed E-state index contributed by atoms with van der Waals surface area (Å²) < 4.78 is 5.73. The van der Waals surface area contributed by atoms with Crippen LogP contribution in [0.2, 0.25) is 0 Å². The predicted octanol–water partition coefficient (Wildman–Crippen LogP) is 0.112. The Bertz CT molecular complexity index is 394. The lowest BCUT2D eigenvalue weighted by molar-refractivity contribution is -0.185. The van der Waals surface area contributed by atoms with Crippen LogP contribution in [-0.2, 0) is 9.53 Å². The number of carbonyl (C=O) groups is 1. The number of aliphatic hydroxyl groups excluding tert-OH is 1. The third-order valence-electron chi connectivity index (χ3n) is 5.40. The zero-order valence-corrected chi connectivity index (χ0v) is 11.8. The van der Waals surface area contributed by atoms with Crippen molar-refractivity contribution in [3.63, 3.8) is 0 Å². The lowest BCUT2D eigenvalue weighted by Crippen LogP contribution is -2.80. The third-order valence-corrected chi connectivity index (χ3v) is 5.40. The molecule has 5 nitrogen and oxygen atoms in total. The number of nitrogens with two attached hydrogens (primary N) is 1. The molecule has 1 saturated heterocycles. The molecule has 1 aliphatic heterocycles. The van der Waals surface area contributed by atoms with Gasteiger partial charge < -0.3 is 20.5 Å². The zero-order chi connectivity index (χ0) is 13.8. The van der Waals surface area contributed by atoms with E-state index in [4.69, 9.17) is 10.5 Å². The molecule has 0 aromatic carbocycles. The fraction of sp³-hybridized carbons (Fsp3) is 0.929. The van der Waals surface area contributed by atoms with E-state index in [0.717, 1.165) is 19.3 Å². The van der Waals surface area contributed by atoms with E-state index in [9.17, 15) is 9.90 Å². The van der Waals surface area contributed by atoms with Crippen LogP contribution in [-0.4, -0.2) is 53.4 Å². The largest absolute Gasteiger partial charge is 0.395 e. The topological polar surface area (TPSA) is 75.8 Å². The summed E-state index contributed by atoms with van der Waals surface area (Å²) in [6, 6.07) is 0.289. The van der Waals surface area contributed by atoms with Crippen molar-refractivity contribution in [2.75, 3.05) is 19.8 Å². The fourth-order valence-corrected chi connectivity index (χ4v) is 4.00. The van der Waals surface area contributed by atoms with Crippen LogP contribution < -0.4 is 5.73 Å². The molecule has 108 valence electrons. The Morgan fingerprint density at radius 1 is 1.42 bits per heavy atom. The second-order valence-corrected chi connectivity index (χ2v) is 6.73. The minimum absolute atomic E-state index is 0.00332. The third kappa shape index (κ3) is 1.61. The highest BCUT2D eigenvalue weighted by Crippen LogP contribution is 2.59. The van der Waals surface area contributed by atoms with Gasteiger partial charge in [-0.1, -0.05) is 13.8 Å². The first-order chi connectivity index (χ1) is 8.94. The Morgan fingerprint density at radius 3 is 2.68 bits per heavy atom. The summed E-state index contributed by atoms with van der Waals surface area (Å²) in [6.07, 6.45) is 3.05. The number of hydrogen-bond donors (Lipinski definition) is 2. The van der Waals surface area contributed by atoms with E-state index in [1.165, 1.54) is 0 Å². The first-order valence-corrected chi connectivity index (χ1v) is 7.27. The van der Waals surface area contributed by atoms with Gasteiger partial charge in [-0.25, -0.2) is 0 Å². The second kappa shape index (κ2) is 4.17. The molecule has 2 saturated carbocycles. The van der Waals surface area contributed by atoms with E-state index in [2.05, 4.69) is 0 Å². The van der Waals surface area contributed by atoms with Crippen molar-refractivity contribution in [1.29, 1.82) is 0 Å². The number of fused-ring (bicyclic) bond motifs is 1. The van der Waals surface area contributed by atoms with Gasteiger partial charge in [-0.15, -0.1) is 0 Å². The zero-order valence-electron chi connectivity index (χ0n) is 11.8. The molecule has 0 radical (unpaired) electrons. The summed E-state index contributed by atoms with van der Waals surface area (Å²) in [6.45, 7) is 5.16. The average molecular weight is 268 g/mol. The van der Waals surface area contributed by atoms with Gasteiger partial charge in [-0.3, -0.25) is 4.79 Å². The molecular formula is C14H24N2O3. The van der Waals surface area contributed by atoms with Gasteiger partial charge in [0.05, 0.1) is 12.7 Å². The molecule has 0 aromatic rings. The van der Waals surface area contributed by atoms with Crippen LogP contribution in [0.4, 0.5) is 0 Å². The smallest absolute Gasteiger partial charge is 0.244 e. The quantitative estimate of drug-likeness (QED) is 0.759. The van der Waals surface area contributed by atoms with Crippen LogP contribution in [0.5, 0.6) is 0 Å². The van der Waals surface area contributed by atoms with Gasteiger partial charge in [-0.2, -0.15) is 0 Å². The van der Waals surface area contributed by atoms with E-state index < -0.39 is 5.54 Å². The maximum Gasteiger partial charge on any atom is 0.244 e. The maximum absolute atomic E-state index is 12.9. The van der Waals surface area contributed by atoms with Crippen LogP contribution >= 0.6 is 0 Å². The van der Waals surface area contributed by atoms with Crippen molar-refractivity contribution in [3.05, 3.63) is 0 Å². The van der Waals surface area contributed by atoms with E-state index in [0.29, 0.717) is 13.2 Å². The van der Waals surface area contributed by atoms with E-state index >= 15 is 0 Å². The molecule has 0 aromatic heterocycles. The van der Waals surface area contributed by atoms with Crippen LogP contribution in [0.25, 0.3) is 0 Å². The first-order valence-electron chi connectivity index (χ1n) is 7.27. The van der Waals surface area contributed by atoms with E-state index in [1.54, 1.807) is 4.90 Å². The standard InChI is InChI=1S/C14H24N2O3/c1-13(2)11-10(5-8-19-11)14(13,15)12(18)16(6-7-17)9-3-4-9/h9-11,17H,3-8,15H2,1-2H3. The number of aliphatic hydroxyl groups is 1. The summed E-state index contributed by atoms with van der Waals surface area (Å²) in [5.74, 6) is 0.149. The minimum atomic E-state index is -0.827. The molecule has 1 amide bonds. The summed E-state index contributed by atoms with van der Waals surface area (Å²) >= 11 is 0. The molecule has 3 atom stereocenters. The Labute approximate surface area is 114 Å². The van der Waals surface area contributed by atoms with Crippen LogP contribution in [0, 0.1) is 11.3 Å². The molecule has 5 heteroatoms. The molecule has 3 aliphatic rings. The van der Waals surface area contributed by atoms with Gasteiger partial charge >= 0.3 is 0 Å². The van der Waals surface area contributed by atoms with Gasteiger partial charge in [0.15, 0.2) is 0 Å². The summed E-state index contributed by atoms with van der Waals surface area (Å²) in [5.41, 5.74) is 5.40. The van der Waals surface area contributed by atoms with Crippen molar-refractivity contribution < 1.29 is 14.6 Å². The van der Waals surface area contributed by atoms with Crippen LogP contribution in [0.1, 0.15) is 33.1 Å². The lowest BCUT2D eigenvalue weighted by atomic mass is 9.47. The van der Waals surface area contributed by atoms with E-state index in [1.807, 2.05) is 13.8 Å². The molecule has 19 heavy (non-hydrogen) atoms. The molecular weight excluding hydrogens is 244 g/mol.